The minimum atomic E-state index is -0.997. The van der Waals surface area contributed by atoms with Crippen LogP contribution in [0, 0.1) is 6.92 Å². The van der Waals surface area contributed by atoms with Crippen LogP contribution in [-0.2, 0) is 12.1 Å². The molecule has 1 atom stereocenters. The Balaban J connectivity index is 0.00000312. The molecule has 2 rings (SSSR count). The van der Waals surface area contributed by atoms with Gasteiger partial charge in [0.25, 0.3) is 0 Å². The van der Waals surface area contributed by atoms with Crippen LogP contribution in [0.5, 0.6) is 0 Å². The molecule has 1 aromatic carbocycles. The molecule has 6 nitrogen and oxygen atoms in total. The Morgan fingerprint density at radius 3 is 2.60 bits per heavy atom. The normalized spacial score (nSPS) is 13.7. The van der Waals surface area contributed by atoms with Crippen LogP contribution in [-0.4, -0.2) is 40.5 Å². The van der Waals surface area contributed by atoms with Gasteiger partial charge in [0.2, 0.25) is 0 Å². The number of guanidine groups is 1. The number of rotatable bonds is 7. The van der Waals surface area contributed by atoms with Crippen LogP contribution in [0.4, 0.5) is 0 Å². The number of benzene rings is 1. The predicted molar refractivity (Wildman–Crippen MR) is 112 cm³/mol. The van der Waals surface area contributed by atoms with Gasteiger partial charge in [0.05, 0.1) is 19.3 Å². The number of hydrogen-bond donors (Lipinski definition) is 3. The number of aromatic nitrogens is 2. The van der Waals surface area contributed by atoms with Crippen LogP contribution in [0.25, 0.3) is 0 Å². The fraction of sp³-hybridized carbons (Fsp3) is 0.444. The molecule has 25 heavy (non-hydrogen) atoms. The first-order valence-electron chi connectivity index (χ1n) is 8.30. The summed E-state index contributed by atoms with van der Waals surface area (Å²) < 4.78 is 1.89. The topological polar surface area (TPSA) is 74.5 Å². The lowest BCUT2D eigenvalue weighted by Gasteiger charge is -2.22. The molecule has 0 fully saturated rings. The van der Waals surface area contributed by atoms with E-state index in [2.05, 4.69) is 20.7 Å². The van der Waals surface area contributed by atoms with Crippen LogP contribution >= 0.6 is 24.0 Å². The van der Waals surface area contributed by atoms with E-state index in [1.807, 2.05) is 61.3 Å². The zero-order chi connectivity index (χ0) is 17.4. The maximum absolute atomic E-state index is 10.6. The summed E-state index contributed by atoms with van der Waals surface area (Å²) in [5.41, 5.74) is 1.01. The highest BCUT2D eigenvalue weighted by Gasteiger charge is 2.22. The lowest BCUT2D eigenvalue weighted by Crippen LogP contribution is -2.40. The molecule has 1 heterocycles. The van der Waals surface area contributed by atoms with Crippen LogP contribution in [0.1, 0.15) is 25.0 Å². The molecule has 0 amide bonds. The summed E-state index contributed by atoms with van der Waals surface area (Å²) in [6, 6.07) is 9.60. The summed E-state index contributed by atoms with van der Waals surface area (Å²) in [5.74, 6) is 0.692. The van der Waals surface area contributed by atoms with E-state index in [0.29, 0.717) is 12.5 Å². The second-order valence-electron chi connectivity index (χ2n) is 6.04. The van der Waals surface area contributed by atoms with E-state index >= 15 is 0 Å². The molecule has 7 heteroatoms. The minimum absolute atomic E-state index is 0. The third kappa shape index (κ3) is 7.03. The van der Waals surface area contributed by atoms with Crippen LogP contribution in [0.2, 0.25) is 0 Å². The fourth-order valence-corrected chi connectivity index (χ4v) is 2.34. The summed E-state index contributed by atoms with van der Waals surface area (Å²) in [6.07, 6.45) is 3.85. The monoisotopic (exact) mass is 457 g/mol. The van der Waals surface area contributed by atoms with Crippen molar-refractivity contribution in [3.05, 3.63) is 53.9 Å². The number of hydrogen-bond acceptors (Lipinski definition) is 3. The summed E-state index contributed by atoms with van der Waals surface area (Å²) in [5, 5.41) is 21.4. The van der Waals surface area contributed by atoms with Gasteiger partial charge >= 0.3 is 0 Å². The Morgan fingerprint density at radius 1 is 1.28 bits per heavy atom. The molecule has 0 radical (unpaired) electrons. The van der Waals surface area contributed by atoms with Crippen molar-refractivity contribution in [2.24, 2.45) is 4.99 Å². The van der Waals surface area contributed by atoms with Crippen LogP contribution in [0.3, 0.4) is 0 Å². The zero-order valence-corrected chi connectivity index (χ0v) is 17.4. The van der Waals surface area contributed by atoms with Crippen molar-refractivity contribution in [2.45, 2.75) is 32.9 Å². The Morgan fingerprint density at radius 2 is 2.00 bits per heavy atom. The van der Waals surface area contributed by atoms with Crippen LogP contribution < -0.4 is 10.6 Å². The Kier molecular flexibility index (Phi) is 8.91. The van der Waals surface area contributed by atoms with E-state index in [9.17, 15) is 5.11 Å². The standard InChI is InChI=1S/C18H27N5O.HI/c1-4-19-17(20-10-11-23-13-15(2)12-22-23)21-14-18(3,24)16-8-6-5-7-9-16;/h5-9,12-13,24H,4,10-11,14H2,1-3H3,(H2,19,20,21);1H. The number of nitrogens with one attached hydrogen (secondary N) is 2. The van der Waals surface area contributed by atoms with Crippen molar-refractivity contribution in [3.8, 4) is 0 Å². The molecule has 0 bridgehead atoms. The fourth-order valence-electron chi connectivity index (χ4n) is 2.34. The van der Waals surface area contributed by atoms with Gasteiger partial charge < -0.3 is 15.7 Å². The van der Waals surface area contributed by atoms with Crippen molar-refractivity contribution in [2.75, 3.05) is 19.6 Å². The summed E-state index contributed by atoms with van der Waals surface area (Å²) in [6.45, 7) is 8.33. The Hall–Kier alpha value is -1.61. The molecule has 0 aliphatic carbocycles. The second-order valence-corrected chi connectivity index (χ2v) is 6.04. The molecule has 138 valence electrons. The average molecular weight is 457 g/mol. The molecule has 0 saturated heterocycles. The molecule has 0 aliphatic rings. The third-order valence-electron chi connectivity index (χ3n) is 3.68. The number of aliphatic hydroxyl groups is 1. The highest BCUT2D eigenvalue weighted by molar-refractivity contribution is 14.0. The van der Waals surface area contributed by atoms with E-state index in [-0.39, 0.29) is 30.5 Å². The predicted octanol–water partition coefficient (Wildman–Crippen LogP) is 2.27. The molecular formula is C18H28IN5O. The first-order valence-corrected chi connectivity index (χ1v) is 8.30. The van der Waals surface area contributed by atoms with E-state index < -0.39 is 5.60 Å². The maximum Gasteiger partial charge on any atom is 0.191 e. The average Bonchev–Trinajstić information content (AvgIpc) is 2.99. The Bertz CT molecular complexity index is 654. The SMILES string of the molecule is CCNC(=NCC(C)(O)c1ccccc1)NCCn1cc(C)cn1.I. The van der Waals surface area contributed by atoms with Crippen molar-refractivity contribution in [3.63, 3.8) is 0 Å². The van der Waals surface area contributed by atoms with E-state index in [1.165, 1.54) is 0 Å². The first-order chi connectivity index (χ1) is 11.5. The van der Waals surface area contributed by atoms with Gasteiger partial charge in [0, 0.05) is 19.3 Å². The van der Waals surface area contributed by atoms with Crippen LogP contribution in [0.15, 0.2) is 47.7 Å². The van der Waals surface area contributed by atoms with E-state index in [4.69, 9.17) is 0 Å². The maximum atomic E-state index is 10.6. The summed E-state index contributed by atoms with van der Waals surface area (Å²) in [7, 11) is 0. The van der Waals surface area contributed by atoms with Gasteiger partial charge in [-0.25, -0.2) is 4.99 Å². The highest BCUT2D eigenvalue weighted by Crippen LogP contribution is 2.20. The van der Waals surface area contributed by atoms with Gasteiger partial charge in [-0.1, -0.05) is 30.3 Å². The molecule has 1 aromatic heterocycles. The molecule has 3 N–H and O–H groups in total. The smallest absolute Gasteiger partial charge is 0.191 e. The lowest BCUT2D eigenvalue weighted by atomic mass is 9.96. The third-order valence-corrected chi connectivity index (χ3v) is 3.68. The number of halogens is 1. The molecule has 0 aliphatic heterocycles. The minimum Gasteiger partial charge on any atom is -0.384 e. The number of aryl methyl sites for hydroxylation is 1. The molecular weight excluding hydrogens is 429 g/mol. The summed E-state index contributed by atoms with van der Waals surface area (Å²) in [4.78, 5) is 4.51. The molecule has 0 saturated carbocycles. The van der Waals surface area contributed by atoms with Gasteiger partial charge in [0.1, 0.15) is 5.60 Å². The van der Waals surface area contributed by atoms with Crippen molar-refractivity contribution >= 4 is 29.9 Å². The molecule has 0 spiro atoms. The van der Waals surface area contributed by atoms with Crippen molar-refractivity contribution < 1.29 is 5.11 Å². The second kappa shape index (κ2) is 10.4. The largest absolute Gasteiger partial charge is 0.384 e. The zero-order valence-electron chi connectivity index (χ0n) is 15.1. The highest BCUT2D eigenvalue weighted by atomic mass is 127. The molecule has 1 unspecified atom stereocenters. The quantitative estimate of drug-likeness (QED) is 0.339. The van der Waals surface area contributed by atoms with Crippen molar-refractivity contribution in [1.29, 1.82) is 0 Å². The Labute approximate surface area is 166 Å². The number of nitrogens with zero attached hydrogens (tertiary/aromatic N) is 3. The number of aliphatic imine (C=N–C) groups is 1. The van der Waals surface area contributed by atoms with Gasteiger partial charge in [-0.3, -0.25) is 4.68 Å². The molecule has 2 aromatic rings. The van der Waals surface area contributed by atoms with Gasteiger partial charge in [-0.15, -0.1) is 24.0 Å². The van der Waals surface area contributed by atoms with Gasteiger partial charge in [-0.2, -0.15) is 5.10 Å². The first kappa shape index (κ1) is 21.4. The van der Waals surface area contributed by atoms with Gasteiger partial charge in [0.15, 0.2) is 5.96 Å². The van der Waals surface area contributed by atoms with E-state index in [0.717, 1.165) is 24.2 Å². The summed E-state index contributed by atoms with van der Waals surface area (Å²) >= 11 is 0. The lowest BCUT2D eigenvalue weighted by molar-refractivity contribution is 0.0672. The van der Waals surface area contributed by atoms with Gasteiger partial charge in [-0.05, 0) is 31.9 Å². The van der Waals surface area contributed by atoms with E-state index in [1.54, 1.807) is 6.92 Å². The van der Waals surface area contributed by atoms with Crippen molar-refractivity contribution in [1.82, 2.24) is 20.4 Å².